The fourth-order valence-corrected chi connectivity index (χ4v) is 1.77. The van der Waals surface area contributed by atoms with Gasteiger partial charge in [0.25, 0.3) is 0 Å². The molecule has 0 aliphatic rings. The van der Waals surface area contributed by atoms with Crippen molar-refractivity contribution < 1.29 is 23.9 Å². The molecule has 2 aromatic rings. The monoisotopic (exact) mass is 290 g/mol. The van der Waals surface area contributed by atoms with E-state index in [1.54, 1.807) is 0 Å². The molecule has 0 aliphatic heterocycles. The van der Waals surface area contributed by atoms with Crippen LogP contribution >= 0.6 is 0 Å². The third kappa shape index (κ3) is 4.86. The summed E-state index contributed by atoms with van der Waals surface area (Å²) in [6, 6.07) is 13.5. The second kappa shape index (κ2) is 7.78. The van der Waals surface area contributed by atoms with Gasteiger partial charge in [-0.1, -0.05) is 36.4 Å². The van der Waals surface area contributed by atoms with Crippen molar-refractivity contribution in [2.45, 2.75) is 6.61 Å². The Labute approximate surface area is 122 Å². The highest BCUT2D eigenvalue weighted by Gasteiger charge is 2.13. The Hall–Kier alpha value is -1.89. The van der Waals surface area contributed by atoms with E-state index >= 15 is 0 Å². The topological polar surface area (TPSA) is 58.9 Å². The quantitative estimate of drug-likeness (QED) is 0.592. The number of halogens is 1. The molecule has 0 aromatic heterocycles. The lowest BCUT2D eigenvalue weighted by molar-refractivity contribution is 0.0876. The summed E-state index contributed by atoms with van der Waals surface area (Å²) in [5, 5.41) is 17.8. The van der Waals surface area contributed by atoms with Crippen molar-refractivity contribution in [2.75, 3.05) is 13.2 Å². The van der Waals surface area contributed by atoms with Gasteiger partial charge in [-0.2, -0.15) is 0 Å². The van der Waals surface area contributed by atoms with Crippen LogP contribution in [0.5, 0.6) is 5.75 Å². The van der Waals surface area contributed by atoms with Gasteiger partial charge >= 0.3 is 7.12 Å². The molecule has 2 N–H and O–H groups in total. The smallest absolute Gasteiger partial charge is 0.488 e. The van der Waals surface area contributed by atoms with E-state index in [0.717, 1.165) is 11.6 Å². The van der Waals surface area contributed by atoms with Gasteiger partial charge in [-0.25, -0.2) is 4.39 Å². The first-order chi connectivity index (χ1) is 10.2. The zero-order valence-corrected chi connectivity index (χ0v) is 11.4. The standard InChI is InChI=1S/C15H16BFO4/c17-14-10-13(16(18)19)6-7-15(14)21-9-8-20-11-12-4-2-1-3-5-12/h1-7,10,18-19H,8-9,11H2. The molecule has 2 aromatic carbocycles. The fourth-order valence-electron chi connectivity index (χ4n) is 1.77. The Morgan fingerprint density at radius 2 is 1.76 bits per heavy atom. The molecule has 0 fully saturated rings. The summed E-state index contributed by atoms with van der Waals surface area (Å²) in [5.74, 6) is -0.577. The number of hydrogen-bond donors (Lipinski definition) is 2. The van der Waals surface area contributed by atoms with Gasteiger partial charge in [0.15, 0.2) is 11.6 Å². The lowest BCUT2D eigenvalue weighted by Gasteiger charge is -2.09. The van der Waals surface area contributed by atoms with E-state index in [0.29, 0.717) is 13.2 Å². The SMILES string of the molecule is OB(O)c1ccc(OCCOCc2ccccc2)c(F)c1. The first-order valence-corrected chi connectivity index (χ1v) is 6.57. The molecule has 6 heteroatoms. The molecule has 0 atom stereocenters. The molecule has 0 bridgehead atoms. The third-order valence-electron chi connectivity index (χ3n) is 2.85. The highest BCUT2D eigenvalue weighted by Crippen LogP contribution is 2.14. The molecule has 110 valence electrons. The lowest BCUT2D eigenvalue weighted by atomic mass is 9.80. The number of benzene rings is 2. The van der Waals surface area contributed by atoms with E-state index in [-0.39, 0.29) is 17.8 Å². The van der Waals surface area contributed by atoms with E-state index in [9.17, 15) is 4.39 Å². The summed E-state index contributed by atoms with van der Waals surface area (Å²) in [5.41, 5.74) is 1.14. The Kier molecular flexibility index (Phi) is 5.74. The van der Waals surface area contributed by atoms with Gasteiger partial charge in [-0.05, 0) is 23.2 Å². The van der Waals surface area contributed by atoms with E-state index < -0.39 is 12.9 Å². The highest BCUT2D eigenvalue weighted by molar-refractivity contribution is 6.58. The van der Waals surface area contributed by atoms with Gasteiger partial charge in [0.2, 0.25) is 0 Å². The van der Waals surface area contributed by atoms with Crippen LogP contribution in [0.4, 0.5) is 4.39 Å². The van der Waals surface area contributed by atoms with Crippen LogP contribution < -0.4 is 10.2 Å². The average Bonchev–Trinajstić information content (AvgIpc) is 2.49. The maximum Gasteiger partial charge on any atom is 0.488 e. The Bertz CT molecular complexity index is 563. The first kappa shape index (κ1) is 15.5. The molecule has 4 nitrogen and oxygen atoms in total. The fraction of sp³-hybridized carbons (Fsp3) is 0.200. The van der Waals surface area contributed by atoms with Crippen LogP contribution in [-0.4, -0.2) is 30.4 Å². The largest absolute Gasteiger partial charge is 0.488 e. The number of ether oxygens (including phenoxy) is 2. The van der Waals surface area contributed by atoms with Gasteiger partial charge < -0.3 is 19.5 Å². The molecular formula is C15H16BFO4. The zero-order valence-electron chi connectivity index (χ0n) is 11.4. The summed E-state index contributed by atoms with van der Waals surface area (Å²) in [6.07, 6.45) is 0. The van der Waals surface area contributed by atoms with E-state index in [4.69, 9.17) is 19.5 Å². The maximum atomic E-state index is 13.6. The van der Waals surface area contributed by atoms with Crippen LogP contribution in [0.15, 0.2) is 48.5 Å². The molecule has 0 radical (unpaired) electrons. The summed E-state index contributed by atoms with van der Waals surface area (Å²) in [4.78, 5) is 0. The number of rotatable bonds is 7. The van der Waals surface area contributed by atoms with E-state index in [1.165, 1.54) is 12.1 Å². The van der Waals surface area contributed by atoms with Crippen LogP contribution in [0.1, 0.15) is 5.56 Å². The van der Waals surface area contributed by atoms with Crippen LogP contribution in [0.2, 0.25) is 0 Å². The molecule has 0 unspecified atom stereocenters. The third-order valence-corrected chi connectivity index (χ3v) is 2.85. The van der Waals surface area contributed by atoms with Gasteiger partial charge in [-0.15, -0.1) is 0 Å². The molecule has 0 saturated carbocycles. The van der Waals surface area contributed by atoms with Crippen LogP contribution in [0, 0.1) is 5.82 Å². The minimum atomic E-state index is -1.69. The predicted molar refractivity (Wildman–Crippen MR) is 77.8 cm³/mol. The average molecular weight is 290 g/mol. The second-order valence-electron chi connectivity index (χ2n) is 4.45. The highest BCUT2D eigenvalue weighted by atomic mass is 19.1. The molecule has 0 heterocycles. The van der Waals surface area contributed by atoms with Gasteiger partial charge in [-0.3, -0.25) is 0 Å². The Morgan fingerprint density at radius 3 is 2.43 bits per heavy atom. The predicted octanol–water partition coefficient (Wildman–Crippen LogP) is 1.10. The van der Waals surface area contributed by atoms with Crippen LogP contribution in [0.3, 0.4) is 0 Å². The van der Waals surface area contributed by atoms with Crippen molar-refractivity contribution in [1.82, 2.24) is 0 Å². The van der Waals surface area contributed by atoms with Crippen molar-refractivity contribution in [3.05, 3.63) is 59.9 Å². The summed E-state index contributed by atoms with van der Waals surface area (Å²) in [6.45, 7) is 1.02. The molecule has 0 spiro atoms. The van der Waals surface area contributed by atoms with Crippen molar-refractivity contribution in [3.63, 3.8) is 0 Å². The summed E-state index contributed by atoms with van der Waals surface area (Å²) >= 11 is 0. The molecule has 0 amide bonds. The van der Waals surface area contributed by atoms with Crippen LogP contribution in [0.25, 0.3) is 0 Å². The van der Waals surface area contributed by atoms with Gasteiger partial charge in [0.05, 0.1) is 13.2 Å². The van der Waals surface area contributed by atoms with Gasteiger partial charge in [0.1, 0.15) is 6.61 Å². The van der Waals surface area contributed by atoms with Crippen molar-refractivity contribution >= 4 is 12.6 Å². The van der Waals surface area contributed by atoms with Crippen LogP contribution in [-0.2, 0) is 11.3 Å². The Balaban J connectivity index is 1.74. The molecular weight excluding hydrogens is 274 g/mol. The Morgan fingerprint density at radius 1 is 1.00 bits per heavy atom. The molecule has 2 rings (SSSR count). The van der Waals surface area contributed by atoms with Crippen molar-refractivity contribution in [3.8, 4) is 5.75 Å². The second-order valence-corrected chi connectivity index (χ2v) is 4.45. The lowest BCUT2D eigenvalue weighted by Crippen LogP contribution is -2.30. The molecule has 0 saturated heterocycles. The summed E-state index contributed by atoms with van der Waals surface area (Å²) < 4.78 is 24.3. The minimum Gasteiger partial charge on any atom is -0.488 e. The molecule has 21 heavy (non-hydrogen) atoms. The first-order valence-electron chi connectivity index (χ1n) is 6.57. The van der Waals surface area contributed by atoms with Crippen molar-refractivity contribution in [1.29, 1.82) is 0 Å². The summed E-state index contributed by atoms with van der Waals surface area (Å²) in [7, 11) is -1.69. The molecule has 0 aliphatic carbocycles. The maximum absolute atomic E-state index is 13.6. The number of hydrogen-bond acceptors (Lipinski definition) is 4. The minimum absolute atomic E-state index is 0.0581. The van der Waals surface area contributed by atoms with E-state index in [2.05, 4.69) is 0 Å². The normalized spacial score (nSPS) is 10.4. The van der Waals surface area contributed by atoms with E-state index in [1.807, 2.05) is 30.3 Å². The van der Waals surface area contributed by atoms with Crippen molar-refractivity contribution in [2.24, 2.45) is 0 Å². The zero-order chi connectivity index (χ0) is 15.1. The van der Waals surface area contributed by atoms with Gasteiger partial charge in [0, 0.05) is 0 Å².